The second-order valence-electron chi connectivity index (χ2n) is 5.41. The molecule has 1 heterocycles. The summed E-state index contributed by atoms with van der Waals surface area (Å²) in [5.74, 6) is -0.185. The molecule has 0 aliphatic carbocycles. The Hall–Kier alpha value is -1.55. The Morgan fingerprint density at radius 2 is 2.11 bits per heavy atom. The van der Waals surface area contributed by atoms with Gasteiger partial charge in [-0.2, -0.15) is 0 Å². The van der Waals surface area contributed by atoms with Crippen molar-refractivity contribution in [1.29, 1.82) is 0 Å². The summed E-state index contributed by atoms with van der Waals surface area (Å²) in [5.41, 5.74) is 3.08. The number of carbonyl (C=O) groups excluding carboxylic acids is 1. The van der Waals surface area contributed by atoms with Crippen LogP contribution in [0.4, 0.5) is 5.69 Å². The molecule has 0 saturated carbocycles. The number of methoxy groups -OCH3 is 1. The van der Waals surface area contributed by atoms with Gasteiger partial charge in [0.05, 0.1) is 20.3 Å². The molecule has 4 nitrogen and oxygen atoms in total. The molecule has 1 aromatic carbocycles. The number of aryl methyl sites for hydroxylation is 2. The van der Waals surface area contributed by atoms with Gasteiger partial charge in [-0.25, -0.2) is 0 Å². The molecule has 0 aromatic heterocycles. The van der Waals surface area contributed by atoms with Gasteiger partial charge in [-0.05, 0) is 25.5 Å². The van der Waals surface area contributed by atoms with E-state index in [4.69, 9.17) is 9.47 Å². The van der Waals surface area contributed by atoms with E-state index in [0.29, 0.717) is 19.8 Å². The number of esters is 1. The quantitative estimate of drug-likeness (QED) is 0.778. The Labute approximate surface area is 114 Å². The van der Waals surface area contributed by atoms with Crippen molar-refractivity contribution >= 4 is 11.7 Å². The van der Waals surface area contributed by atoms with E-state index in [1.165, 1.54) is 18.2 Å². The van der Waals surface area contributed by atoms with Crippen LogP contribution in [0, 0.1) is 19.3 Å². The number of rotatable bonds is 4. The highest BCUT2D eigenvalue weighted by Gasteiger charge is 2.48. The van der Waals surface area contributed by atoms with Crippen LogP contribution >= 0.6 is 0 Å². The third-order valence-electron chi connectivity index (χ3n) is 3.68. The lowest BCUT2D eigenvalue weighted by Gasteiger charge is -2.41. The number of benzene rings is 1. The van der Waals surface area contributed by atoms with Gasteiger partial charge in [0, 0.05) is 19.3 Å². The normalized spacial score (nSPS) is 16.6. The third-order valence-corrected chi connectivity index (χ3v) is 3.68. The van der Waals surface area contributed by atoms with Crippen LogP contribution < -0.4 is 4.90 Å². The largest absolute Gasteiger partial charge is 0.468 e. The first-order chi connectivity index (χ1) is 8.98. The van der Waals surface area contributed by atoms with Gasteiger partial charge in [0.1, 0.15) is 5.41 Å². The van der Waals surface area contributed by atoms with Crippen LogP contribution in [0.1, 0.15) is 11.1 Å². The molecular weight excluding hydrogens is 242 g/mol. The Bertz CT molecular complexity index is 480. The Balaban J connectivity index is 2.16. The summed E-state index contributed by atoms with van der Waals surface area (Å²) >= 11 is 0. The van der Waals surface area contributed by atoms with Gasteiger partial charge in [0.2, 0.25) is 0 Å². The lowest BCUT2D eigenvalue weighted by Crippen LogP contribution is -2.56. The van der Waals surface area contributed by atoms with Crippen molar-refractivity contribution in [3.8, 4) is 0 Å². The summed E-state index contributed by atoms with van der Waals surface area (Å²) in [6.45, 7) is 5.65. The molecule has 0 unspecified atom stereocenters. The fraction of sp³-hybridized carbons (Fsp3) is 0.533. The minimum absolute atomic E-state index is 0.185. The van der Waals surface area contributed by atoms with Gasteiger partial charge in [0.15, 0.2) is 0 Å². The molecule has 0 bridgehead atoms. The smallest absolute Gasteiger partial charge is 0.318 e. The fourth-order valence-electron chi connectivity index (χ4n) is 2.61. The first kappa shape index (κ1) is 13.9. The van der Waals surface area contributed by atoms with Gasteiger partial charge in [0.25, 0.3) is 0 Å². The van der Waals surface area contributed by atoms with Crippen LogP contribution in [0.25, 0.3) is 0 Å². The average molecular weight is 263 g/mol. The first-order valence-corrected chi connectivity index (χ1v) is 6.43. The molecule has 1 aromatic rings. The van der Waals surface area contributed by atoms with Gasteiger partial charge in [-0.15, -0.1) is 0 Å². The second kappa shape index (κ2) is 5.21. The summed E-state index contributed by atoms with van der Waals surface area (Å²) in [4.78, 5) is 14.0. The number of anilines is 1. The van der Waals surface area contributed by atoms with Crippen LogP contribution in [0.5, 0.6) is 0 Å². The molecule has 104 valence electrons. The maximum absolute atomic E-state index is 11.9. The van der Waals surface area contributed by atoms with E-state index in [1.807, 2.05) is 7.05 Å². The SMILES string of the molecule is COC(=O)C1(CN(C)c2ccc(C)cc2C)COC1. The molecule has 2 rings (SSSR count). The summed E-state index contributed by atoms with van der Waals surface area (Å²) in [7, 11) is 3.43. The van der Waals surface area contributed by atoms with Crippen molar-refractivity contribution in [2.75, 3.05) is 38.8 Å². The van der Waals surface area contributed by atoms with E-state index >= 15 is 0 Å². The van der Waals surface area contributed by atoms with Gasteiger partial charge < -0.3 is 14.4 Å². The highest BCUT2D eigenvalue weighted by molar-refractivity contribution is 5.79. The lowest BCUT2D eigenvalue weighted by atomic mass is 9.85. The van der Waals surface area contributed by atoms with Gasteiger partial charge in [-0.1, -0.05) is 17.7 Å². The fourth-order valence-corrected chi connectivity index (χ4v) is 2.61. The minimum atomic E-state index is -0.513. The van der Waals surface area contributed by atoms with Crippen molar-refractivity contribution in [2.24, 2.45) is 5.41 Å². The number of carbonyl (C=O) groups is 1. The molecule has 0 amide bonds. The first-order valence-electron chi connectivity index (χ1n) is 6.43. The molecule has 1 fully saturated rings. The number of hydrogen-bond acceptors (Lipinski definition) is 4. The predicted octanol–water partition coefficient (Wildman–Crippen LogP) is 1.93. The predicted molar refractivity (Wildman–Crippen MR) is 74.5 cm³/mol. The third kappa shape index (κ3) is 2.59. The van der Waals surface area contributed by atoms with E-state index in [2.05, 4.69) is 36.9 Å². The summed E-state index contributed by atoms with van der Waals surface area (Å²) in [5, 5.41) is 0. The van der Waals surface area contributed by atoms with E-state index in [1.54, 1.807) is 0 Å². The second-order valence-corrected chi connectivity index (χ2v) is 5.41. The summed E-state index contributed by atoms with van der Waals surface area (Å²) < 4.78 is 10.1. The zero-order valence-corrected chi connectivity index (χ0v) is 12.0. The topological polar surface area (TPSA) is 38.8 Å². The number of hydrogen-bond donors (Lipinski definition) is 0. The van der Waals surface area contributed by atoms with Crippen molar-refractivity contribution in [3.05, 3.63) is 29.3 Å². The van der Waals surface area contributed by atoms with Gasteiger partial charge >= 0.3 is 5.97 Å². The monoisotopic (exact) mass is 263 g/mol. The van der Waals surface area contributed by atoms with Crippen LogP contribution in [-0.2, 0) is 14.3 Å². The number of nitrogens with zero attached hydrogens (tertiary/aromatic N) is 1. The molecule has 0 N–H and O–H groups in total. The standard InChI is InChI=1S/C15H21NO3/c1-11-5-6-13(12(2)7-11)16(3)8-15(9-19-10-15)14(17)18-4/h5-7H,8-10H2,1-4H3. The molecule has 1 aliphatic rings. The zero-order valence-electron chi connectivity index (χ0n) is 12.0. The minimum Gasteiger partial charge on any atom is -0.468 e. The maximum atomic E-state index is 11.9. The molecular formula is C15H21NO3. The molecule has 0 radical (unpaired) electrons. The van der Waals surface area contributed by atoms with Gasteiger partial charge in [-0.3, -0.25) is 4.79 Å². The van der Waals surface area contributed by atoms with Crippen LogP contribution in [-0.4, -0.2) is 39.9 Å². The van der Waals surface area contributed by atoms with Crippen molar-refractivity contribution in [1.82, 2.24) is 0 Å². The van der Waals surface area contributed by atoms with E-state index in [9.17, 15) is 4.79 Å². The molecule has 0 atom stereocenters. The Kier molecular flexibility index (Phi) is 3.80. The highest BCUT2D eigenvalue weighted by atomic mass is 16.5. The van der Waals surface area contributed by atoms with Crippen molar-refractivity contribution < 1.29 is 14.3 Å². The summed E-state index contributed by atoms with van der Waals surface area (Å²) in [6, 6.07) is 6.32. The summed E-state index contributed by atoms with van der Waals surface area (Å²) in [6.07, 6.45) is 0. The molecule has 4 heteroatoms. The van der Waals surface area contributed by atoms with E-state index in [0.717, 1.165) is 5.69 Å². The van der Waals surface area contributed by atoms with Crippen LogP contribution in [0.3, 0.4) is 0 Å². The Morgan fingerprint density at radius 1 is 1.42 bits per heavy atom. The molecule has 0 spiro atoms. The Morgan fingerprint density at radius 3 is 2.58 bits per heavy atom. The van der Waals surface area contributed by atoms with Crippen LogP contribution in [0.15, 0.2) is 18.2 Å². The van der Waals surface area contributed by atoms with Crippen molar-refractivity contribution in [2.45, 2.75) is 13.8 Å². The zero-order chi connectivity index (χ0) is 14.0. The molecule has 19 heavy (non-hydrogen) atoms. The van der Waals surface area contributed by atoms with E-state index < -0.39 is 5.41 Å². The highest BCUT2D eigenvalue weighted by Crippen LogP contribution is 2.32. The molecule has 1 aliphatic heterocycles. The maximum Gasteiger partial charge on any atom is 0.318 e. The van der Waals surface area contributed by atoms with E-state index in [-0.39, 0.29) is 5.97 Å². The number of ether oxygens (including phenoxy) is 2. The lowest BCUT2D eigenvalue weighted by molar-refractivity contribution is -0.180. The van der Waals surface area contributed by atoms with Crippen molar-refractivity contribution in [3.63, 3.8) is 0 Å². The average Bonchev–Trinajstić information content (AvgIpc) is 2.32. The van der Waals surface area contributed by atoms with Crippen LogP contribution in [0.2, 0.25) is 0 Å². The molecule has 1 saturated heterocycles.